The van der Waals surface area contributed by atoms with Crippen LogP contribution in [0.2, 0.25) is 5.02 Å². The van der Waals surface area contributed by atoms with Crippen molar-refractivity contribution in [2.24, 2.45) is 0 Å². The summed E-state index contributed by atoms with van der Waals surface area (Å²) in [5, 5.41) is 6.27. The van der Waals surface area contributed by atoms with Gasteiger partial charge >= 0.3 is 0 Å². The minimum absolute atomic E-state index is 0.0491. The van der Waals surface area contributed by atoms with Gasteiger partial charge in [0.1, 0.15) is 0 Å². The summed E-state index contributed by atoms with van der Waals surface area (Å²) in [4.78, 5) is 5.63. The van der Waals surface area contributed by atoms with E-state index < -0.39 is 0 Å². The van der Waals surface area contributed by atoms with E-state index in [1.165, 1.54) is 4.88 Å². The first-order valence-electron chi connectivity index (χ1n) is 5.80. The SMILES string of the molecule is CCCNC(c1ncccc1Cl)c1sccc1Br. The molecule has 0 bridgehead atoms. The molecule has 0 spiro atoms. The van der Waals surface area contributed by atoms with Gasteiger partial charge in [-0.05, 0) is 52.5 Å². The van der Waals surface area contributed by atoms with E-state index in [2.05, 4.69) is 44.6 Å². The van der Waals surface area contributed by atoms with Gasteiger partial charge in [-0.15, -0.1) is 11.3 Å². The predicted molar refractivity (Wildman–Crippen MR) is 81.4 cm³/mol. The van der Waals surface area contributed by atoms with Gasteiger partial charge < -0.3 is 5.32 Å². The fourth-order valence-electron chi connectivity index (χ4n) is 1.72. The summed E-state index contributed by atoms with van der Waals surface area (Å²) in [7, 11) is 0. The molecule has 96 valence electrons. The van der Waals surface area contributed by atoms with E-state index in [9.17, 15) is 0 Å². The van der Waals surface area contributed by atoms with E-state index in [-0.39, 0.29) is 6.04 Å². The lowest BCUT2D eigenvalue weighted by Gasteiger charge is -2.18. The molecule has 1 unspecified atom stereocenters. The molecule has 0 aliphatic rings. The number of rotatable bonds is 5. The Morgan fingerprint density at radius 3 is 2.94 bits per heavy atom. The second-order valence-electron chi connectivity index (χ2n) is 3.89. The summed E-state index contributed by atoms with van der Waals surface area (Å²) in [5.74, 6) is 0. The van der Waals surface area contributed by atoms with E-state index in [4.69, 9.17) is 11.6 Å². The van der Waals surface area contributed by atoms with Crippen LogP contribution in [-0.2, 0) is 0 Å². The van der Waals surface area contributed by atoms with Crippen LogP contribution in [0.3, 0.4) is 0 Å². The van der Waals surface area contributed by atoms with Crippen molar-refractivity contribution in [1.82, 2.24) is 10.3 Å². The minimum Gasteiger partial charge on any atom is -0.304 e. The Kier molecular flexibility index (Phi) is 5.18. The fraction of sp³-hybridized carbons (Fsp3) is 0.308. The van der Waals surface area contributed by atoms with E-state index in [0.29, 0.717) is 5.02 Å². The Morgan fingerprint density at radius 2 is 2.33 bits per heavy atom. The van der Waals surface area contributed by atoms with Gasteiger partial charge in [0, 0.05) is 15.5 Å². The molecule has 2 rings (SSSR count). The molecule has 18 heavy (non-hydrogen) atoms. The second kappa shape index (κ2) is 6.66. The largest absolute Gasteiger partial charge is 0.304 e. The molecular weight excluding hydrogens is 332 g/mol. The molecule has 1 N–H and O–H groups in total. The molecule has 2 nitrogen and oxygen atoms in total. The van der Waals surface area contributed by atoms with Crippen LogP contribution >= 0.6 is 38.9 Å². The second-order valence-corrected chi connectivity index (χ2v) is 6.10. The Hall–Kier alpha value is -0.420. The van der Waals surface area contributed by atoms with Crippen LogP contribution in [0.1, 0.15) is 30.0 Å². The molecule has 0 aromatic carbocycles. The van der Waals surface area contributed by atoms with Crippen molar-refractivity contribution in [2.75, 3.05) is 6.54 Å². The minimum atomic E-state index is 0.0491. The number of pyridine rings is 1. The number of nitrogens with one attached hydrogen (secondary N) is 1. The first kappa shape index (κ1) is 14.0. The number of halogens is 2. The topological polar surface area (TPSA) is 24.9 Å². The zero-order valence-electron chi connectivity index (χ0n) is 9.99. The third-order valence-corrected chi connectivity index (χ3v) is 4.82. The molecule has 0 saturated carbocycles. The zero-order chi connectivity index (χ0) is 13.0. The van der Waals surface area contributed by atoms with Crippen LogP contribution in [0, 0.1) is 0 Å². The molecule has 0 aliphatic heterocycles. The summed E-state index contributed by atoms with van der Waals surface area (Å²) in [6, 6.07) is 5.84. The van der Waals surface area contributed by atoms with Gasteiger partial charge in [0.15, 0.2) is 0 Å². The van der Waals surface area contributed by atoms with Gasteiger partial charge in [-0.3, -0.25) is 4.98 Å². The Morgan fingerprint density at radius 1 is 1.50 bits per heavy atom. The fourth-order valence-corrected chi connectivity index (χ4v) is 3.63. The molecule has 0 amide bonds. The first-order chi connectivity index (χ1) is 8.74. The van der Waals surface area contributed by atoms with Crippen LogP contribution in [0.4, 0.5) is 0 Å². The molecule has 1 atom stereocenters. The maximum absolute atomic E-state index is 6.25. The molecule has 5 heteroatoms. The summed E-state index contributed by atoms with van der Waals surface area (Å²) >= 11 is 11.5. The van der Waals surface area contributed by atoms with Crippen molar-refractivity contribution in [3.05, 3.63) is 49.8 Å². The average molecular weight is 346 g/mol. The predicted octanol–water partition coefficient (Wildman–Crippen LogP) is 4.65. The van der Waals surface area contributed by atoms with E-state index in [1.54, 1.807) is 17.5 Å². The third kappa shape index (κ3) is 3.12. The highest BCUT2D eigenvalue weighted by molar-refractivity contribution is 9.10. The molecule has 2 aromatic heterocycles. The summed E-state index contributed by atoms with van der Waals surface area (Å²) in [6.07, 6.45) is 2.85. The molecular formula is C13H14BrClN2S. The monoisotopic (exact) mass is 344 g/mol. The number of hydrogen-bond acceptors (Lipinski definition) is 3. The lowest BCUT2D eigenvalue weighted by atomic mass is 10.1. The normalized spacial score (nSPS) is 12.6. The lowest BCUT2D eigenvalue weighted by molar-refractivity contribution is 0.592. The number of hydrogen-bond donors (Lipinski definition) is 1. The molecule has 2 aromatic rings. The van der Waals surface area contributed by atoms with Gasteiger partial charge in [-0.2, -0.15) is 0 Å². The van der Waals surface area contributed by atoms with Crippen LogP contribution in [0.5, 0.6) is 0 Å². The third-order valence-electron chi connectivity index (χ3n) is 2.57. The highest BCUT2D eigenvalue weighted by Crippen LogP contribution is 2.34. The van der Waals surface area contributed by atoms with Crippen molar-refractivity contribution in [3.63, 3.8) is 0 Å². The average Bonchev–Trinajstić information content (AvgIpc) is 2.78. The van der Waals surface area contributed by atoms with Crippen LogP contribution in [0.15, 0.2) is 34.2 Å². The molecule has 0 radical (unpaired) electrons. The molecule has 2 heterocycles. The van der Waals surface area contributed by atoms with Gasteiger partial charge in [0.05, 0.1) is 16.8 Å². The van der Waals surface area contributed by atoms with Crippen molar-refractivity contribution >= 4 is 38.9 Å². The molecule has 0 aliphatic carbocycles. The maximum atomic E-state index is 6.25. The van der Waals surface area contributed by atoms with Crippen molar-refractivity contribution < 1.29 is 0 Å². The number of nitrogens with zero attached hydrogens (tertiary/aromatic N) is 1. The number of aromatic nitrogens is 1. The van der Waals surface area contributed by atoms with E-state index in [0.717, 1.165) is 23.1 Å². The molecule has 0 saturated heterocycles. The Bertz CT molecular complexity index is 515. The smallest absolute Gasteiger partial charge is 0.0871 e. The van der Waals surface area contributed by atoms with Crippen LogP contribution in [-0.4, -0.2) is 11.5 Å². The van der Waals surface area contributed by atoms with Crippen molar-refractivity contribution in [2.45, 2.75) is 19.4 Å². The van der Waals surface area contributed by atoms with Crippen LogP contribution in [0.25, 0.3) is 0 Å². The van der Waals surface area contributed by atoms with Gasteiger partial charge in [0.2, 0.25) is 0 Å². The zero-order valence-corrected chi connectivity index (χ0v) is 13.1. The summed E-state index contributed by atoms with van der Waals surface area (Å²) < 4.78 is 1.10. The van der Waals surface area contributed by atoms with Crippen molar-refractivity contribution in [1.29, 1.82) is 0 Å². The first-order valence-corrected chi connectivity index (χ1v) is 7.85. The number of thiophene rings is 1. The van der Waals surface area contributed by atoms with E-state index in [1.807, 2.05) is 12.1 Å². The van der Waals surface area contributed by atoms with Crippen LogP contribution < -0.4 is 5.32 Å². The summed E-state index contributed by atoms with van der Waals surface area (Å²) in [6.45, 7) is 3.08. The maximum Gasteiger partial charge on any atom is 0.0871 e. The van der Waals surface area contributed by atoms with Gasteiger partial charge in [-0.1, -0.05) is 18.5 Å². The standard InChI is InChI=1S/C13H14BrClN2S/c1-2-6-16-12(13-9(14)5-8-18-13)11-10(15)4-3-7-17-11/h3-5,7-8,12,16H,2,6H2,1H3. The quantitative estimate of drug-likeness (QED) is 0.853. The summed E-state index contributed by atoms with van der Waals surface area (Å²) in [5.41, 5.74) is 0.885. The highest BCUT2D eigenvalue weighted by atomic mass is 79.9. The van der Waals surface area contributed by atoms with Gasteiger partial charge in [0.25, 0.3) is 0 Å². The lowest BCUT2D eigenvalue weighted by Crippen LogP contribution is -2.23. The van der Waals surface area contributed by atoms with Crippen molar-refractivity contribution in [3.8, 4) is 0 Å². The highest BCUT2D eigenvalue weighted by Gasteiger charge is 2.20. The van der Waals surface area contributed by atoms with Gasteiger partial charge in [-0.25, -0.2) is 0 Å². The Balaban J connectivity index is 2.37. The Labute approximate surface area is 125 Å². The molecule has 0 fully saturated rings. The van der Waals surface area contributed by atoms with E-state index >= 15 is 0 Å².